The molecule has 0 saturated carbocycles. The zero-order valence-corrected chi connectivity index (χ0v) is 11.7. The van der Waals surface area contributed by atoms with E-state index in [-0.39, 0.29) is 18.3 Å². The van der Waals surface area contributed by atoms with Crippen molar-refractivity contribution in [1.82, 2.24) is 0 Å². The van der Waals surface area contributed by atoms with Crippen LogP contribution >= 0.6 is 11.6 Å². The molecule has 20 heavy (non-hydrogen) atoms. The van der Waals surface area contributed by atoms with Crippen molar-refractivity contribution in [2.75, 3.05) is 17.2 Å². The fourth-order valence-electron chi connectivity index (χ4n) is 1.78. The summed E-state index contributed by atoms with van der Waals surface area (Å²) >= 11 is 5.94. The maximum atomic E-state index is 13.2. The minimum Gasteiger partial charge on any atom is -0.376 e. The number of rotatable bonds is 4. The van der Waals surface area contributed by atoms with E-state index in [1.165, 1.54) is 12.1 Å². The Hall–Kier alpha value is -2.07. The molecule has 0 saturated heterocycles. The minimum atomic E-state index is -0.334. The lowest BCUT2D eigenvalue weighted by Gasteiger charge is -2.09. The molecule has 2 aromatic carbocycles. The SMILES string of the molecule is Cc1cc(F)cc(NCC(=O)Nc2ccccc2Cl)c1. The highest BCUT2D eigenvalue weighted by Crippen LogP contribution is 2.20. The van der Waals surface area contributed by atoms with Crippen molar-refractivity contribution in [2.45, 2.75) is 6.92 Å². The summed E-state index contributed by atoms with van der Waals surface area (Å²) in [7, 11) is 0. The summed E-state index contributed by atoms with van der Waals surface area (Å²) < 4.78 is 13.2. The van der Waals surface area contributed by atoms with Gasteiger partial charge in [-0.3, -0.25) is 4.79 Å². The maximum absolute atomic E-state index is 13.2. The Morgan fingerprint density at radius 1 is 1.25 bits per heavy atom. The molecule has 0 unspecified atom stereocenters. The number of benzene rings is 2. The van der Waals surface area contributed by atoms with Gasteiger partial charge in [0.25, 0.3) is 0 Å². The zero-order valence-electron chi connectivity index (χ0n) is 10.9. The summed E-state index contributed by atoms with van der Waals surface area (Å²) in [5.74, 6) is -0.584. The van der Waals surface area contributed by atoms with Gasteiger partial charge < -0.3 is 10.6 Å². The average Bonchev–Trinajstić information content (AvgIpc) is 2.38. The van der Waals surface area contributed by atoms with Crippen molar-refractivity contribution < 1.29 is 9.18 Å². The molecule has 0 aliphatic rings. The van der Waals surface area contributed by atoms with E-state index < -0.39 is 0 Å². The molecule has 2 N–H and O–H groups in total. The summed E-state index contributed by atoms with van der Waals surface area (Å²) in [4.78, 5) is 11.8. The Labute approximate surface area is 121 Å². The highest BCUT2D eigenvalue weighted by molar-refractivity contribution is 6.33. The number of hydrogen-bond acceptors (Lipinski definition) is 2. The summed E-state index contributed by atoms with van der Waals surface area (Å²) in [6.45, 7) is 1.83. The van der Waals surface area contributed by atoms with Crippen LogP contribution in [0.15, 0.2) is 42.5 Å². The molecular formula is C15H14ClFN2O. The third kappa shape index (κ3) is 3.96. The van der Waals surface area contributed by atoms with Crippen molar-refractivity contribution in [3.8, 4) is 0 Å². The Morgan fingerprint density at radius 3 is 2.70 bits per heavy atom. The van der Waals surface area contributed by atoms with Crippen LogP contribution in [-0.4, -0.2) is 12.5 Å². The fraction of sp³-hybridized carbons (Fsp3) is 0.133. The van der Waals surface area contributed by atoms with Crippen molar-refractivity contribution in [1.29, 1.82) is 0 Å². The second-order valence-electron chi connectivity index (χ2n) is 4.40. The molecule has 5 heteroatoms. The Kier molecular flexibility index (Phi) is 4.58. The third-order valence-electron chi connectivity index (χ3n) is 2.64. The highest BCUT2D eigenvalue weighted by atomic mass is 35.5. The summed E-state index contributed by atoms with van der Waals surface area (Å²) in [5.41, 5.74) is 1.91. The van der Waals surface area contributed by atoms with E-state index in [4.69, 9.17) is 11.6 Å². The van der Waals surface area contributed by atoms with Gasteiger partial charge in [-0.15, -0.1) is 0 Å². The van der Waals surface area contributed by atoms with Gasteiger partial charge in [0, 0.05) is 5.69 Å². The lowest BCUT2D eigenvalue weighted by Crippen LogP contribution is -2.22. The minimum absolute atomic E-state index is 0.0358. The molecule has 0 bridgehead atoms. The van der Waals surface area contributed by atoms with E-state index in [1.54, 1.807) is 37.3 Å². The third-order valence-corrected chi connectivity index (χ3v) is 2.97. The first-order valence-corrected chi connectivity index (χ1v) is 6.48. The monoisotopic (exact) mass is 292 g/mol. The number of anilines is 2. The van der Waals surface area contributed by atoms with Crippen molar-refractivity contribution in [2.24, 2.45) is 0 Å². The summed E-state index contributed by atoms with van der Waals surface area (Å²) in [6.07, 6.45) is 0. The molecule has 0 heterocycles. The van der Waals surface area contributed by atoms with Gasteiger partial charge >= 0.3 is 0 Å². The van der Waals surface area contributed by atoms with Gasteiger partial charge in [0.1, 0.15) is 5.82 Å². The molecule has 0 aliphatic carbocycles. The maximum Gasteiger partial charge on any atom is 0.243 e. The molecule has 0 fully saturated rings. The second kappa shape index (κ2) is 6.39. The van der Waals surface area contributed by atoms with Crippen LogP contribution in [0, 0.1) is 12.7 Å². The van der Waals surface area contributed by atoms with E-state index in [9.17, 15) is 9.18 Å². The molecule has 0 aliphatic heterocycles. The van der Waals surface area contributed by atoms with E-state index in [1.807, 2.05) is 0 Å². The van der Waals surface area contributed by atoms with Crippen molar-refractivity contribution in [3.05, 3.63) is 58.9 Å². The predicted molar refractivity (Wildman–Crippen MR) is 79.7 cm³/mol. The number of carbonyl (C=O) groups excluding carboxylic acids is 1. The number of hydrogen-bond donors (Lipinski definition) is 2. The van der Waals surface area contributed by atoms with Gasteiger partial charge in [-0.2, -0.15) is 0 Å². The van der Waals surface area contributed by atoms with Gasteiger partial charge in [0.05, 0.1) is 17.3 Å². The number of carbonyl (C=O) groups is 1. The highest BCUT2D eigenvalue weighted by Gasteiger charge is 2.05. The van der Waals surface area contributed by atoms with Crippen LogP contribution in [-0.2, 0) is 4.79 Å². The first kappa shape index (κ1) is 14.3. The smallest absolute Gasteiger partial charge is 0.243 e. The largest absolute Gasteiger partial charge is 0.376 e. The molecular weight excluding hydrogens is 279 g/mol. The lowest BCUT2D eigenvalue weighted by atomic mass is 10.2. The molecule has 0 radical (unpaired) electrons. The Balaban J connectivity index is 1.94. The molecule has 0 spiro atoms. The molecule has 0 aromatic heterocycles. The van der Waals surface area contributed by atoms with Gasteiger partial charge in [-0.25, -0.2) is 4.39 Å². The molecule has 3 nitrogen and oxygen atoms in total. The van der Waals surface area contributed by atoms with Gasteiger partial charge in [-0.05, 0) is 42.8 Å². The number of halogens is 2. The first-order valence-electron chi connectivity index (χ1n) is 6.10. The number of amides is 1. The van der Waals surface area contributed by atoms with Crippen LogP contribution in [0.2, 0.25) is 5.02 Å². The quantitative estimate of drug-likeness (QED) is 0.899. The van der Waals surface area contributed by atoms with E-state index in [2.05, 4.69) is 10.6 Å². The zero-order chi connectivity index (χ0) is 14.5. The molecule has 1 amide bonds. The standard InChI is InChI=1S/C15H14ClFN2O/c1-10-6-11(17)8-12(7-10)18-9-15(20)19-14-5-3-2-4-13(14)16/h2-8,18H,9H2,1H3,(H,19,20). The van der Waals surface area contributed by atoms with Gasteiger partial charge in [-0.1, -0.05) is 23.7 Å². The molecule has 104 valence electrons. The van der Waals surface area contributed by atoms with E-state index in [0.717, 1.165) is 5.56 Å². The normalized spacial score (nSPS) is 10.2. The second-order valence-corrected chi connectivity index (χ2v) is 4.81. The van der Waals surface area contributed by atoms with Gasteiger partial charge in [0.15, 0.2) is 0 Å². The first-order chi connectivity index (χ1) is 9.54. The number of nitrogens with one attached hydrogen (secondary N) is 2. The van der Waals surface area contributed by atoms with Crippen LogP contribution in [0.3, 0.4) is 0 Å². The molecule has 0 atom stereocenters. The van der Waals surface area contributed by atoms with Crippen LogP contribution in [0.5, 0.6) is 0 Å². The number of aryl methyl sites for hydroxylation is 1. The van der Waals surface area contributed by atoms with E-state index >= 15 is 0 Å². The fourth-order valence-corrected chi connectivity index (χ4v) is 1.96. The Bertz CT molecular complexity index is 611. The van der Waals surface area contributed by atoms with E-state index in [0.29, 0.717) is 16.4 Å². The summed E-state index contributed by atoms with van der Waals surface area (Å²) in [5, 5.41) is 6.03. The van der Waals surface area contributed by atoms with Gasteiger partial charge in [0.2, 0.25) is 5.91 Å². The summed E-state index contributed by atoms with van der Waals surface area (Å²) in [6, 6.07) is 11.5. The number of para-hydroxylation sites is 1. The molecule has 2 rings (SSSR count). The van der Waals surface area contributed by atoms with Crippen LogP contribution in [0.4, 0.5) is 15.8 Å². The predicted octanol–water partition coefficient (Wildman–Crippen LogP) is 3.84. The van der Waals surface area contributed by atoms with Crippen molar-refractivity contribution >= 4 is 28.9 Å². The molecule has 2 aromatic rings. The lowest BCUT2D eigenvalue weighted by molar-refractivity contribution is -0.114. The topological polar surface area (TPSA) is 41.1 Å². The van der Waals surface area contributed by atoms with Crippen LogP contribution in [0.1, 0.15) is 5.56 Å². The Morgan fingerprint density at radius 2 is 2.00 bits per heavy atom. The van der Waals surface area contributed by atoms with Crippen LogP contribution in [0.25, 0.3) is 0 Å². The van der Waals surface area contributed by atoms with Crippen molar-refractivity contribution in [3.63, 3.8) is 0 Å². The van der Waals surface area contributed by atoms with Crippen LogP contribution < -0.4 is 10.6 Å². The average molecular weight is 293 g/mol.